The third-order valence-corrected chi connectivity index (χ3v) is 11.2. The SMILES string of the molecule is C=CCOc1ccc2c(c1)C1C(CCCCO)C(CCCCO)C=C3C(=NOC4CCCCO4)CC(n4nnc(C(=O)OC)c4C(=O)OC)C(OCC=C)(O2)C31. The van der Waals surface area contributed by atoms with Gasteiger partial charge in [-0.25, -0.2) is 14.3 Å². The number of aliphatic hydroxyl groups is 2. The maximum atomic E-state index is 13.6. The van der Waals surface area contributed by atoms with Crippen molar-refractivity contribution in [2.75, 3.05) is 47.3 Å². The average molecular weight is 779 g/mol. The minimum Gasteiger partial charge on any atom is -0.490 e. The average Bonchev–Trinajstić information content (AvgIpc) is 3.67. The van der Waals surface area contributed by atoms with Gasteiger partial charge in [0, 0.05) is 37.5 Å². The van der Waals surface area contributed by atoms with E-state index in [1.165, 1.54) is 18.9 Å². The molecule has 15 heteroatoms. The zero-order chi connectivity index (χ0) is 39.7. The lowest BCUT2D eigenvalue weighted by Gasteiger charge is -2.58. The van der Waals surface area contributed by atoms with Crippen molar-refractivity contribution in [2.45, 2.75) is 88.2 Å². The van der Waals surface area contributed by atoms with Gasteiger partial charge in [-0.1, -0.05) is 48.0 Å². The Kier molecular flexibility index (Phi) is 14.0. The molecule has 0 bridgehead atoms. The second-order valence-corrected chi connectivity index (χ2v) is 14.5. The van der Waals surface area contributed by atoms with Gasteiger partial charge in [-0.05, 0) is 74.1 Å². The molecule has 0 spiro atoms. The fourth-order valence-corrected chi connectivity index (χ4v) is 8.77. The molecule has 2 fully saturated rings. The summed E-state index contributed by atoms with van der Waals surface area (Å²) in [6, 6.07) is 4.73. The number of rotatable bonds is 19. The number of aliphatic hydroxyl groups excluding tert-OH is 2. The molecule has 1 saturated carbocycles. The van der Waals surface area contributed by atoms with Crippen LogP contribution in [0.5, 0.6) is 11.5 Å². The van der Waals surface area contributed by atoms with Crippen LogP contribution in [-0.2, 0) is 23.8 Å². The molecule has 0 amide bonds. The summed E-state index contributed by atoms with van der Waals surface area (Å²) in [7, 11) is 2.40. The van der Waals surface area contributed by atoms with Crippen LogP contribution >= 0.6 is 0 Å². The quantitative estimate of drug-likeness (QED) is 0.0796. The van der Waals surface area contributed by atoms with Gasteiger partial charge in [-0.15, -0.1) is 11.7 Å². The highest BCUT2D eigenvalue weighted by Gasteiger charge is 2.65. The number of fused-ring (bicyclic) bond motifs is 2. The minimum atomic E-state index is -1.57. The molecule has 7 unspecified atom stereocenters. The van der Waals surface area contributed by atoms with E-state index in [1.807, 2.05) is 18.2 Å². The number of methoxy groups -OCH3 is 2. The second-order valence-electron chi connectivity index (χ2n) is 14.5. The van der Waals surface area contributed by atoms with E-state index in [9.17, 15) is 19.8 Å². The summed E-state index contributed by atoms with van der Waals surface area (Å²) in [4.78, 5) is 32.8. The molecule has 0 radical (unpaired) electrons. The lowest BCUT2D eigenvalue weighted by Crippen LogP contribution is -2.63. The Labute approximate surface area is 327 Å². The maximum absolute atomic E-state index is 13.6. The first-order valence-corrected chi connectivity index (χ1v) is 19.6. The van der Waals surface area contributed by atoms with Crippen molar-refractivity contribution in [2.24, 2.45) is 22.9 Å². The molecular formula is C41H54N4O11. The van der Waals surface area contributed by atoms with Crippen molar-refractivity contribution in [1.82, 2.24) is 15.0 Å². The van der Waals surface area contributed by atoms with Gasteiger partial charge in [0.1, 0.15) is 24.1 Å². The molecule has 7 atom stereocenters. The van der Waals surface area contributed by atoms with Crippen molar-refractivity contribution in [3.05, 3.63) is 72.1 Å². The number of unbranched alkanes of at least 4 members (excludes halogenated alkanes) is 2. The smallest absolute Gasteiger partial charge is 0.361 e. The topological polar surface area (TPSA) is 182 Å². The summed E-state index contributed by atoms with van der Waals surface area (Å²) in [6.45, 7) is 8.84. The number of nitrogens with zero attached hydrogens (tertiary/aromatic N) is 4. The monoisotopic (exact) mass is 778 g/mol. The molecule has 2 aliphatic heterocycles. The van der Waals surface area contributed by atoms with Gasteiger partial charge >= 0.3 is 11.9 Å². The standard InChI is InChI=1S/C41H54N4O11/c1-5-20-52-27-16-17-32-30(24-27)35-28(14-8-11-19-47)26(13-7-10-18-46)23-29-31(43-56-34-15-9-12-22-53-34)25-33(41(55-32,36(29)35)54-21-6-2)45-38(40(49)51-4)37(42-44-45)39(48)50-3/h5-6,16-17,23-24,26,28,33-36,46-47H,1-2,7-15,18-22,25H2,3-4H3. The molecule has 6 rings (SSSR count). The normalized spacial score (nSPS) is 27.2. The Bertz CT molecular complexity index is 1770. The van der Waals surface area contributed by atoms with E-state index in [0.29, 0.717) is 49.7 Å². The first-order valence-electron chi connectivity index (χ1n) is 19.6. The molecule has 3 heterocycles. The van der Waals surface area contributed by atoms with Crippen molar-refractivity contribution < 1.29 is 53.1 Å². The van der Waals surface area contributed by atoms with Crippen LogP contribution in [0.25, 0.3) is 0 Å². The number of benzene rings is 1. The van der Waals surface area contributed by atoms with E-state index in [4.69, 9.17) is 38.4 Å². The summed E-state index contributed by atoms with van der Waals surface area (Å²) < 4.78 is 37.6. The molecule has 4 aliphatic rings. The number of aromatic nitrogens is 3. The van der Waals surface area contributed by atoms with Gasteiger partial charge < -0.3 is 43.5 Å². The van der Waals surface area contributed by atoms with Crippen LogP contribution < -0.4 is 9.47 Å². The van der Waals surface area contributed by atoms with Crippen LogP contribution in [0.1, 0.15) is 103 Å². The molecule has 1 aromatic heterocycles. The molecule has 304 valence electrons. The third kappa shape index (κ3) is 8.27. The maximum Gasteiger partial charge on any atom is 0.361 e. The number of allylic oxidation sites excluding steroid dienone is 1. The van der Waals surface area contributed by atoms with E-state index in [0.717, 1.165) is 49.7 Å². The first kappa shape index (κ1) is 41.1. The number of carbonyl (C=O) groups excluding carboxylic acids is 2. The van der Waals surface area contributed by atoms with E-state index in [-0.39, 0.29) is 55.4 Å². The van der Waals surface area contributed by atoms with Crippen LogP contribution in [0, 0.1) is 17.8 Å². The fraction of sp³-hybridized carbons (Fsp3) is 0.585. The lowest BCUT2D eigenvalue weighted by atomic mass is 9.55. The second kappa shape index (κ2) is 19.0. The summed E-state index contributed by atoms with van der Waals surface area (Å²) in [5, 5.41) is 33.0. The predicted molar refractivity (Wildman–Crippen MR) is 203 cm³/mol. The fourth-order valence-electron chi connectivity index (χ4n) is 8.77. The summed E-state index contributed by atoms with van der Waals surface area (Å²) in [5.74, 6) is -2.93. The molecule has 2 aromatic rings. The van der Waals surface area contributed by atoms with Crippen LogP contribution in [-0.4, -0.2) is 102 Å². The zero-order valence-electron chi connectivity index (χ0n) is 32.3. The highest BCUT2D eigenvalue weighted by Crippen LogP contribution is 2.63. The highest BCUT2D eigenvalue weighted by atomic mass is 16.8. The summed E-state index contributed by atoms with van der Waals surface area (Å²) >= 11 is 0. The van der Waals surface area contributed by atoms with Crippen LogP contribution in [0.4, 0.5) is 0 Å². The van der Waals surface area contributed by atoms with Gasteiger partial charge in [-0.3, -0.25) is 0 Å². The number of oxime groups is 1. The van der Waals surface area contributed by atoms with E-state index in [2.05, 4.69) is 29.5 Å². The van der Waals surface area contributed by atoms with Crippen molar-refractivity contribution in [3.8, 4) is 11.5 Å². The van der Waals surface area contributed by atoms with E-state index in [1.54, 1.807) is 12.2 Å². The van der Waals surface area contributed by atoms with Crippen molar-refractivity contribution >= 4 is 17.7 Å². The van der Waals surface area contributed by atoms with Crippen molar-refractivity contribution in [3.63, 3.8) is 0 Å². The Morgan fingerprint density at radius 2 is 1.80 bits per heavy atom. The van der Waals surface area contributed by atoms with Gasteiger partial charge in [0.15, 0.2) is 5.69 Å². The highest BCUT2D eigenvalue weighted by molar-refractivity contribution is 6.03. The number of esters is 2. The number of hydrogen-bond donors (Lipinski definition) is 2. The molecule has 1 aromatic carbocycles. The van der Waals surface area contributed by atoms with Gasteiger partial charge in [-0.2, -0.15) is 0 Å². The van der Waals surface area contributed by atoms with E-state index >= 15 is 0 Å². The Hall–Kier alpha value is -4.57. The summed E-state index contributed by atoms with van der Waals surface area (Å²) in [6.07, 6.45) is 12.0. The van der Waals surface area contributed by atoms with Crippen LogP contribution in [0.2, 0.25) is 0 Å². The third-order valence-electron chi connectivity index (χ3n) is 11.2. The van der Waals surface area contributed by atoms with Crippen molar-refractivity contribution in [1.29, 1.82) is 0 Å². The molecule has 1 saturated heterocycles. The van der Waals surface area contributed by atoms with Gasteiger partial charge in [0.25, 0.3) is 0 Å². The molecule has 15 nitrogen and oxygen atoms in total. The molecular weight excluding hydrogens is 724 g/mol. The Morgan fingerprint density at radius 1 is 1.04 bits per heavy atom. The van der Waals surface area contributed by atoms with Crippen LogP contribution in [0.15, 0.2) is 60.3 Å². The number of ether oxygens (including phenoxy) is 6. The molecule has 2 N–H and O–H groups in total. The Morgan fingerprint density at radius 3 is 2.50 bits per heavy atom. The summed E-state index contributed by atoms with van der Waals surface area (Å²) in [5.41, 5.74) is 1.78. The Balaban J connectivity index is 1.63. The number of hydrogen-bond acceptors (Lipinski definition) is 14. The lowest BCUT2D eigenvalue weighted by molar-refractivity contribution is -0.252. The largest absolute Gasteiger partial charge is 0.490 e. The van der Waals surface area contributed by atoms with Gasteiger partial charge in [0.2, 0.25) is 17.8 Å². The van der Waals surface area contributed by atoms with Crippen LogP contribution in [0.3, 0.4) is 0 Å². The van der Waals surface area contributed by atoms with Gasteiger partial charge in [0.05, 0.1) is 39.1 Å². The zero-order valence-corrected chi connectivity index (χ0v) is 32.3. The number of carbonyl (C=O) groups is 2. The first-order chi connectivity index (χ1) is 27.3. The minimum absolute atomic E-state index is 0.00190. The molecule has 56 heavy (non-hydrogen) atoms. The molecule has 2 aliphatic carbocycles. The predicted octanol–water partition coefficient (Wildman–Crippen LogP) is 5.45. The van der Waals surface area contributed by atoms with E-state index < -0.39 is 36.0 Å².